The maximum atomic E-state index is 12.9. The van der Waals surface area contributed by atoms with Crippen LogP contribution in [0.15, 0.2) is 42.5 Å². The van der Waals surface area contributed by atoms with Crippen LogP contribution in [-0.2, 0) is 9.47 Å². The van der Waals surface area contributed by atoms with Crippen molar-refractivity contribution in [2.24, 2.45) is 0 Å². The molecule has 1 aliphatic rings. The number of carbonyl (C=O) groups excluding carboxylic acids is 1. The number of nitrogens with zero attached hydrogens (tertiary/aromatic N) is 4. The Morgan fingerprint density at radius 1 is 0.938 bits per heavy atom. The molecular formula is C25H30N4O3. The van der Waals surface area contributed by atoms with Crippen LogP contribution in [0.1, 0.15) is 28.5 Å². The average molecular weight is 435 g/mol. The molecule has 0 bridgehead atoms. The second kappa shape index (κ2) is 9.96. The Hall–Kier alpha value is -3.19. The number of aryl methyl sites for hydroxylation is 2. The number of ether oxygens (including phenoxy) is 2. The van der Waals surface area contributed by atoms with Gasteiger partial charge in [0.1, 0.15) is 6.61 Å². The molecule has 1 aliphatic heterocycles. The van der Waals surface area contributed by atoms with Crippen molar-refractivity contribution in [3.8, 4) is 0 Å². The third kappa shape index (κ3) is 4.83. The molecule has 0 N–H and O–H groups in total. The maximum absolute atomic E-state index is 12.9. The van der Waals surface area contributed by atoms with E-state index < -0.39 is 5.97 Å². The fourth-order valence-corrected chi connectivity index (χ4v) is 3.97. The minimum absolute atomic E-state index is 0.195. The lowest BCUT2D eigenvalue weighted by atomic mass is 10.1. The summed E-state index contributed by atoms with van der Waals surface area (Å²) in [6.45, 7) is 10.5. The van der Waals surface area contributed by atoms with E-state index in [-0.39, 0.29) is 12.3 Å². The second-order valence-electron chi connectivity index (χ2n) is 7.98. The van der Waals surface area contributed by atoms with Gasteiger partial charge in [-0.25, -0.2) is 14.8 Å². The molecule has 7 nitrogen and oxygen atoms in total. The molecule has 1 fully saturated rings. The molecule has 2 heterocycles. The van der Waals surface area contributed by atoms with Crippen LogP contribution in [0.25, 0.3) is 11.0 Å². The quantitative estimate of drug-likeness (QED) is 0.414. The number of carbonyl (C=O) groups is 1. The fourth-order valence-electron chi connectivity index (χ4n) is 3.97. The third-order valence-corrected chi connectivity index (χ3v) is 5.69. The van der Waals surface area contributed by atoms with E-state index in [1.807, 2.05) is 31.2 Å². The van der Waals surface area contributed by atoms with Crippen molar-refractivity contribution in [2.45, 2.75) is 20.8 Å². The van der Waals surface area contributed by atoms with Crippen molar-refractivity contribution in [1.82, 2.24) is 9.97 Å². The minimum atomic E-state index is -0.463. The molecule has 0 radical (unpaired) electrons. The van der Waals surface area contributed by atoms with E-state index in [4.69, 9.17) is 14.5 Å². The van der Waals surface area contributed by atoms with E-state index in [1.165, 1.54) is 16.8 Å². The van der Waals surface area contributed by atoms with E-state index in [9.17, 15) is 4.79 Å². The molecule has 0 saturated carbocycles. The zero-order valence-electron chi connectivity index (χ0n) is 19.0. The van der Waals surface area contributed by atoms with Gasteiger partial charge >= 0.3 is 5.97 Å². The maximum Gasteiger partial charge on any atom is 0.360 e. The van der Waals surface area contributed by atoms with E-state index in [1.54, 1.807) is 0 Å². The van der Waals surface area contributed by atoms with Crippen LogP contribution >= 0.6 is 0 Å². The standard InChI is InChI=1S/C25H30N4O3/c1-4-31-15-16-32-25(30)23-24(27-21-8-6-5-7-20(21)26-23)29-13-11-28(12-14-29)22-17-18(2)9-10-19(22)3/h5-10,17H,4,11-16H2,1-3H3. The zero-order valence-corrected chi connectivity index (χ0v) is 19.0. The Kier molecular flexibility index (Phi) is 6.85. The van der Waals surface area contributed by atoms with Gasteiger partial charge in [-0.1, -0.05) is 24.3 Å². The highest BCUT2D eigenvalue weighted by molar-refractivity contribution is 5.95. The summed E-state index contributed by atoms with van der Waals surface area (Å²) in [6, 6.07) is 14.2. The van der Waals surface area contributed by atoms with Gasteiger partial charge in [0.25, 0.3) is 0 Å². The molecule has 168 valence electrons. The van der Waals surface area contributed by atoms with Crippen LogP contribution in [0, 0.1) is 13.8 Å². The van der Waals surface area contributed by atoms with Crippen molar-refractivity contribution in [3.63, 3.8) is 0 Å². The van der Waals surface area contributed by atoms with Gasteiger partial charge in [-0.05, 0) is 50.1 Å². The normalized spacial score (nSPS) is 14.1. The number of aromatic nitrogens is 2. The van der Waals surface area contributed by atoms with Crippen LogP contribution in [-0.4, -0.2) is 61.9 Å². The van der Waals surface area contributed by atoms with Gasteiger partial charge in [-0.15, -0.1) is 0 Å². The van der Waals surface area contributed by atoms with Crippen LogP contribution in [0.2, 0.25) is 0 Å². The first-order valence-corrected chi connectivity index (χ1v) is 11.2. The number of fused-ring (bicyclic) bond motifs is 1. The predicted octanol–water partition coefficient (Wildman–Crippen LogP) is 3.77. The Labute approximate surface area is 189 Å². The summed E-state index contributed by atoms with van der Waals surface area (Å²) in [6.07, 6.45) is 0. The SMILES string of the molecule is CCOCCOC(=O)c1nc2ccccc2nc1N1CCN(c2cc(C)ccc2C)CC1. The summed E-state index contributed by atoms with van der Waals surface area (Å²) in [5.41, 5.74) is 5.51. The van der Waals surface area contributed by atoms with Crippen molar-refractivity contribution >= 4 is 28.5 Å². The summed E-state index contributed by atoms with van der Waals surface area (Å²) in [4.78, 5) is 26.8. The second-order valence-corrected chi connectivity index (χ2v) is 7.98. The highest BCUT2D eigenvalue weighted by atomic mass is 16.6. The van der Waals surface area contributed by atoms with E-state index in [0.29, 0.717) is 24.5 Å². The smallest absolute Gasteiger partial charge is 0.360 e. The van der Waals surface area contributed by atoms with Crippen LogP contribution in [0.3, 0.4) is 0 Å². The third-order valence-electron chi connectivity index (χ3n) is 5.69. The molecule has 0 amide bonds. The van der Waals surface area contributed by atoms with Gasteiger partial charge in [0.05, 0.1) is 17.6 Å². The Morgan fingerprint density at radius 2 is 1.62 bits per heavy atom. The van der Waals surface area contributed by atoms with Crippen molar-refractivity contribution in [3.05, 3.63) is 59.3 Å². The van der Waals surface area contributed by atoms with Gasteiger partial charge in [0.2, 0.25) is 0 Å². The molecule has 7 heteroatoms. The summed E-state index contributed by atoms with van der Waals surface area (Å²) in [7, 11) is 0. The van der Waals surface area contributed by atoms with Crippen LogP contribution < -0.4 is 9.80 Å². The Balaban J connectivity index is 1.56. The monoisotopic (exact) mass is 434 g/mol. The van der Waals surface area contributed by atoms with Gasteiger partial charge in [-0.3, -0.25) is 0 Å². The van der Waals surface area contributed by atoms with E-state index in [2.05, 4.69) is 46.8 Å². The van der Waals surface area contributed by atoms with Crippen LogP contribution in [0.5, 0.6) is 0 Å². The number of para-hydroxylation sites is 2. The van der Waals surface area contributed by atoms with Gasteiger partial charge < -0.3 is 19.3 Å². The highest BCUT2D eigenvalue weighted by Crippen LogP contribution is 2.26. The molecule has 2 aromatic carbocycles. The number of hydrogen-bond donors (Lipinski definition) is 0. The fraction of sp³-hybridized carbons (Fsp3) is 0.400. The number of anilines is 2. The lowest BCUT2D eigenvalue weighted by molar-refractivity contribution is 0.0330. The molecule has 3 aromatic rings. The topological polar surface area (TPSA) is 67.8 Å². The average Bonchev–Trinajstić information content (AvgIpc) is 2.82. The molecule has 32 heavy (non-hydrogen) atoms. The molecule has 0 unspecified atom stereocenters. The molecule has 4 rings (SSSR count). The van der Waals surface area contributed by atoms with Gasteiger partial charge in [-0.2, -0.15) is 0 Å². The molecule has 0 spiro atoms. The summed E-state index contributed by atoms with van der Waals surface area (Å²) >= 11 is 0. The Morgan fingerprint density at radius 3 is 2.34 bits per heavy atom. The number of rotatable bonds is 7. The molecule has 0 aliphatic carbocycles. The first-order valence-electron chi connectivity index (χ1n) is 11.2. The number of hydrogen-bond acceptors (Lipinski definition) is 7. The van der Waals surface area contributed by atoms with E-state index in [0.717, 1.165) is 31.7 Å². The molecule has 1 saturated heterocycles. The molecule has 0 atom stereocenters. The molecule has 1 aromatic heterocycles. The summed E-state index contributed by atoms with van der Waals surface area (Å²) in [5.74, 6) is 0.126. The minimum Gasteiger partial charge on any atom is -0.458 e. The first kappa shape index (κ1) is 22.0. The highest BCUT2D eigenvalue weighted by Gasteiger charge is 2.26. The van der Waals surface area contributed by atoms with Gasteiger partial charge in [0, 0.05) is 38.5 Å². The largest absolute Gasteiger partial charge is 0.458 e. The van der Waals surface area contributed by atoms with Gasteiger partial charge in [0.15, 0.2) is 11.5 Å². The van der Waals surface area contributed by atoms with Crippen molar-refractivity contribution in [2.75, 3.05) is 55.8 Å². The van der Waals surface area contributed by atoms with Crippen molar-refractivity contribution in [1.29, 1.82) is 0 Å². The first-order chi connectivity index (χ1) is 15.6. The lowest BCUT2D eigenvalue weighted by Gasteiger charge is -2.37. The zero-order chi connectivity index (χ0) is 22.5. The number of esters is 1. The van der Waals surface area contributed by atoms with E-state index >= 15 is 0 Å². The lowest BCUT2D eigenvalue weighted by Crippen LogP contribution is -2.47. The van der Waals surface area contributed by atoms with Crippen LogP contribution in [0.4, 0.5) is 11.5 Å². The molecular weight excluding hydrogens is 404 g/mol. The van der Waals surface area contributed by atoms with Crippen molar-refractivity contribution < 1.29 is 14.3 Å². The summed E-state index contributed by atoms with van der Waals surface area (Å²) in [5, 5.41) is 0. The predicted molar refractivity (Wildman–Crippen MR) is 127 cm³/mol. The number of benzene rings is 2. The number of piperazine rings is 1. The Bertz CT molecular complexity index is 1090. The summed E-state index contributed by atoms with van der Waals surface area (Å²) < 4.78 is 10.7.